The van der Waals surface area contributed by atoms with Crippen molar-refractivity contribution in [3.8, 4) is 0 Å². The molecule has 18 nitrogen and oxygen atoms in total. The maximum atomic E-state index is 12.3. The molecular weight excluding hydrogens is 852 g/mol. The van der Waals surface area contributed by atoms with Crippen LogP contribution < -0.4 is 0 Å². The third-order valence-corrected chi connectivity index (χ3v) is 20.0. The third kappa shape index (κ3) is 6.85. The second kappa shape index (κ2) is 17.1. The molecule has 0 aromatic rings. The average Bonchev–Trinajstić information content (AvgIpc) is 3.59. The van der Waals surface area contributed by atoms with E-state index in [4.69, 9.17) is 33.2 Å². The summed E-state index contributed by atoms with van der Waals surface area (Å²) < 4.78 is 43.5. The molecule has 18 heteroatoms. The van der Waals surface area contributed by atoms with Crippen LogP contribution in [0.5, 0.6) is 0 Å². The minimum absolute atomic E-state index is 0.0619. The molecule has 4 saturated heterocycles. The van der Waals surface area contributed by atoms with Crippen LogP contribution in [0.2, 0.25) is 0 Å². The van der Waals surface area contributed by atoms with Gasteiger partial charge < -0.3 is 89.3 Å². The molecular formula is C47H76O18. The molecule has 0 radical (unpaired) electrons. The predicted molar refractivity (Wildman–Crippen MR) is 225 cm³/mol. The van der Waals surface area contributed by atoms with Crippen molar-refractivity contribution in [3.05, 3.63) is 12.2 Å². The Morgan fingerprint density at radius 2 is 1.29 bits per heavy atom. The molecule has 9 aliphatic rings. The molecule has 2 bridgehead atoms. The summed E-state index contributed by atoms with van der Waals surface area (Å²) in [6.45, 7) is 12.1. The highest BCUT2D eigenvalue weighted by molar-refractivity contribution is 5.36. The number of hydrogen-bond acceptors (Lipinski definition) is 18. The minimum atomic E-state index is -1.85. The fraction of sp³-hybridized carbons (Fsp3) is 0.957. The van der Waals surface area contributed by atoms with E-state index < -0.39 is 129 Å². The van der Waals surface area contributed by atoms with Crippen molar-refractivity contribution >= 4 is 0 Å². The molecule has 4 aliphatic heterocycles. The normalized spacial score (nSPS) is 59.8. The minimum Gasteiger partial charge on any atom is -0.396 e. The Kier molecular flexibility index (Phi) is 12.9. The highest BCUT2D eigenvalue weighted by atomic mass is 16.8. The number of allylic oxidation sites excluding steroid dienone is 1. The lowest BCUT2D eigenvalue weighted by atomic mass is 9.31. The van der Waals surface area contributed by atoms with Gasteiger partial charge in [0.15, 0.2) is 18.9 Å². The van der Waals surface area contributed by atoms with Crippen molar-refractivity contribution in [2.24, 2.45) is 56.7 Å². The van der Waals surface area contributed by atoms with Gasteiger partial charge in [-0.2, -0.15) is 0 Å². The van der Waals surface area contributed by atoms with E-state index in [2.05, 4.69) is 46.8 Å². The molecule has 9 rings (SSSR count). The summed E-state index contributed by atoms with van der Waals surface area (Å²) >= 11 is 0. The van der Waals surface area contributed by atoms with Gasteiger partial charge in [-0.3, -0.25) is 0 Å². The fourth-order valence-electron chi connectivity index (χ4n) is 15.8. The molecule has 65 heavy (non-hydrogen) atoms. The molecule has 372 valence electrons. The van der Waals surface area contributed by atoms with E-state index in [-0.39, 0.29) is 46.0 Å². The van der Waals surface area contributed by atoms with Crippen LogP contribution >= 0.6 is 0 Å². The zero-order valence-electron chi connectivity index (χ0n) is 38.5. The first kappa shape index (κ1) is 49.0. The molecule has 11 N–H and O–H groups in total. The van der Waals surface area contributed by atoms with Crippen LogP contribution in [-0.2, 0) is 33.2 Å². The topological polar surface area (TPSA) is 287 Å². The van der Waals surface area contributed by atoms with Crippen LogP contribution in [0.15, 0.2) is 12.2 Å². The van der Waals surface area contributed by atoms with E-state index in [1.807, 2.05) is 6.92 Å². The first-order valence-electron chi connectivity index (χ1n) is 24.1. The number of ether oxygens (including phenoxy) is 7. The number of rotatable bonds is 9. The number of aliphatic hydroxyl groups is 11. The van der Waals surface area contributed by atoms with Gasteiger partial charge in [0.2, 0.25) is 0 Å². The summed E-state index contributed by atoms with van der Waals surface area (Å²) in [5.41, 5.74) is -2.66. The van der Waals surface area contributed by atoms with Gasteiger partial charge in [0, 0.05) is 22.2 Å². The molecule has 5 aliphatic carbocycles. The molecule has 0 amide bonds. The Labute approximate surface area is 380 Å². The summed E-state index contributed by atoms with van der Waals surface area (Å²) in [7, 11) is 0. The number of aliphatic hydroxyl groups excluding tert-OH is 11. The first-order valence-corrected chi connectivity index (χ1v) is 24.1. The van der Waals surface area contributed by atoms with Crippen molar-refractivity contribution in [2.45, 2.75) is 190 Å². The maximum Gasteiger partial charge on any atom is 0.187 e. The zero-order valence-corrected chi connectivity index (χ0v) is 38.5. The van der Waals surface area contributed by atoms with E-state index in [1.54, 1.807) is 0 Å². The lowest BCUT2D eigenvalue weighted by molar-refractivity contribution is -0.395. The van der Waals surface area contributed by atoms with Gasteiger partial charge in [-0.15, -0.1) is 0 Å². The molecule has 0 aromatic heterocycles. The monoisotopic (exact) mass is 929 g/mol. The van der Waals surface area contributed by atoms with Gasteiger partial charge in [0.05, 0.1) is 50.8 Å². The van der Waals surface area contributed by atoms with Gasteiger partial charge >= 0.3 is 0 Å². The molecule has 8 fully saturated rings. The van der Waals surface area contributed by atoms with Crippen LogP contribution in [0.4, 0.5) is 0 Å². The lowest BCUT2D eigenvalue weighted by Crippen LogP contribution is -2.73. The Morgan fingerprint density at radius 1 is 0.677 bits per heavy atom. The Bertz CT molecular complexity index is 1760. The van der Waals surface area contributed by atoms with Crippen molar-refractivity contribution in [1.82, 2.24) is 0 Å². The average molecular weight is 929 g/mol. The van der Waals surface area contributed by atoms with Crippen molar-refractivity contribution in [1.29, 1.82) is 0 Å². The zero-order chi connectivity index (χ0) is 47.0. The molecule has 4 saturated carbocycles. The van der Waals surface area contributed by atoms with Crippen LogP contribution in [0.3, 0.4) is 0 Å². The smallest absolute Gasteiger partial charge is 0.187 e. The van der Waals surface area contributed by atoms with E-state index in [9.17, 15) is 56.2 Å². The SMILES string of the molecule is C[C@H]1[C@H](C)CC[C@]23CO[C@@]4(C=C[C@@H]5[C@@]6(C)CC[C@H](O[C@@H]7O[C@H](CO)[C@@H](O)[C@H](O)[C@H]7O[C@@H]7O[C@H](CO)[C@@H](O)[C@H](O)[C@H]7O[C@@H]7OC[C@@H](O)[C@H](O)[C@H]7O)[C@@](C)(CO)[C@@H]6CC[C@@]5(C)[C@]4(C)C[C@H]2O)[C@H]13. The number of hydrogen-bond donors (Lipinski definition) is 11. The van der Waals surface area contributed by atoms with Crippen molar-refractivity contribution in [2.75, 3.05) is 33.0 Å². The Morgan fingerprint density at radius 3 is 1.91 bits per heavy atom. The van der Waals surface area contributed by atoms with Crippen molar-refractivity contribution < 1.29 is 89.3 Å². The van der Waals surface area contributed by atoms with E-state index >= 15 is 0 Å². The standard InChI is InChI=1S/C47H76O18/c1-21-7-13-46-20-60-47(38(46)22(21)2)14-9-27-42(3)11-10-29(43(4,19-50)26(42)8-12-44(27,5)45(47,6)15-28(46)52)63-40-36(33(56)31(54)24(16-48)61-40)65-41-37(34(57)32(55)25(17-49)62-41)64-39-35(58)30(53)23(51)18-59-39/h9,14,21-41,48-58H,7-8,10-13,15-20H2,1-6H3/t21-,22+,23-,24-,25-,26-,27-,28-,29+,30+,31-,32-,33+,34+,35-,36-,37-,38-,39+,40+,41+,42+,43+,44-,45+,46+,47+/m1/s1. The fourth-order valence-corrected chi connectivity index (χ4v) is 15.8. The second-order valence-corrected chi connectivity index (χ2v) is 22.8. The highest BCUT2D eigenvalue weighted by Crippen LogP contribution is 2.79. The van der Waals surface area contributed by atoms with Gasteiger partial charge in [0.25, 0.3) is 0 Å². The Balaban J connectivity index is 1.00. The molecule has 0 unspecified atom stereocenters. The third-order valence-electron chi connectivity index (χ3n) is 20.0. The van der Waals surface area contributed by atoms with Gasteiger partial charge in [-0.1, -0.05) is 53.7 Å². The maximum absolute atomic E-state index is 12.3. The molecule has 4 heterocycles. The van der Waals surface area contributed by atoms with Crippen LogP contribution in [-0.4, -0.2) is 193 Å². The lowest BCUT2D eigenvalue weighted by Gasteiger charge is -2.73. The Hall–Kier alpha value is -0.980. The summed E-state index contributed by atoms with van der Waals surface area (Å²) in [5, 5.41) is 120. The van der Waals surface area contributed by atoms with Crippen LogP contribution in [0.1, 0.15) is 86.5 Å². The first-order chi connectivity index (χ1) is 30.6. The summed E-state index contributed by atoms with van der Waals surface area (Å²) in [4.78, 5) is 0. The van der Waals surface area contributed by atoms with Crippen LogP contribution in [0.25, 0.3) is 0 Å². The van der Waals surface area contributed by atoms with E-state index in [1.165, 1.54) is 0 Å². The molecule has 0 aromatic carbocycles. The highest BCUT2D eigenvalue weighted by Gasteiger charge is 2.79. The second-order valence-electron chi connectivity index (χ2n) is 22.8. The molecule has 1 spiro atoms. The van der Waals surface area contributed by atoms with E-state index in [0.29, 0.717) is 37.7 Å². The van der Waals surface area contributed by atoms with Crippen molar-refractivity contribution in [3.63, 3.8) is 0 Å². The summed E-state index contributed by atoms with van der Waals surface area (Å²) in [6, 6.07) is 0. The number of fused-ring (bicyclic) bond motifs is 4. The van der Waals surface area contributed by atoms with Crippen LogP contribution in [0, 0.1) is 56.7 Å². The summed E-state index contributed by atoms with van der Waals surface area (Å²) in [6.07, 6.45) is -14.1. The van der Waals surface area contributed by atoms with E-state index in [0.717, 1.165) is 25.7 Å². The quantitative estimate of drug-likeness (QED) is 0.0984. The predicted octanol–water partition coefficient (Wildman–Crippen LogP) is -0.931. The summed E-state index contributed by atoms with van der Waals surface area (Å²) in [5.74, 6) is 1.06. The van der Waals surface area contributed by atoms with Gasteiger partial charge in [-0.25, -0.2) is 0 Å². The largest absolute Gasteiger partial charge is 0.396 e. The molecule has 27 atom stereocenters. The van der Waals surface area contributed by atoms with Gasteiger partial charge in [0.1, 0.15) is 67.1 Å². The van der Waals surface area contributed by atoms with Gasteiger partial charge in [-0.05, 0) is 79.4 Å².